The molecule has 0 fully saturated rings. The van der Waals surface area contributed by atoms with Gasteiger partial charge in [0, 0.05) is 17.5 Å². The molecule has 0 spiro atoms. The van der Waals surface area contributed by atoms with Gasteiger partial charge in [0.2, 0.25) is 5.91 Å². The Labute approximate surface area is 143 Å². The van der Waals surface area contributed by atoms with Crippen LogP contribution in [0.1, 0.15) is 23.8 Å². The summed E-state index contributed by atoms with van der Waals surface area (Å²) in [7, 11) is 1.60. The highest BCUT2D eigenvalue weighted by Gasteiger charge is 2.37. The number of phenols is 1. The van der Waals surface area contributed by atoms with Crippen LogP contribution in [0.2, 0.25) is 0 Å². The van der Waals surface area contributed by atoms with Crippen molar-refractivity contribution in [3.63, 3.8) is 0 Å². The molecule has 2 aromatic rings. The first kappa shape index (κ1) is 16.0. The molecule has 1 amide bonds. The predicted octanol–water partition coefficient (Wildman–Crippen LogP) is 2.38. The van der Waals surface area contributed by atoms with Gasteiger partial charge in [-0.1, -0.05) is 0 Å². The number of hydrogen-bond acceptors (Lipinski definition) is 6. The smallest absolute Gasteiger partial charge is 0.231 e. The van der Waals surface area contributed by atoms with Crippen LogP contribution in [0.5, 0.6) is 5.75 Å². The normalized spacial score (nSPS) is 20.6. The molecule has 0 aliphatic carbocycles. The number of guanidine groups is 1. The van der Waals surface area contributed by atoms with Gasteiger partial charge in [-0.25, -0.2) is 4.99 Å². The third-order valence-corrected chi connectivity index (χ3v) is 5.32. The molecule has 3 rings (SSSR count). The number of thiophene rings is 1. The largest absolute Gasteiger partial charge is 0.507 e. The van der Waals surface area contributed by atoms with Crippen molar-refractivity contribution in [3.8, 4) is 22.9 Å². The Morgan fingerprint density at radius 2 is 2.21 bits per heavy atom. The number of aliphatic imine (C=N–C) groups is 1. The lowest BCUT2D eigenvalue weighted by molar-refractivity contribution is -0.128. The van der Waals surface area contributed by atoms with Crippen molar-refractivity contribution in [3.05, 3.63) is 40.1 Å². The van der Waals surface area contributed by atoms with Crippen LogP contribution in [-0.4, -0.2) is 28.9 Å². The highest BCUT2D eigenvalue weighted by atomic mass is 32.1. The average Bonchev–Trinajstić information content (AvgIpc) is 3.03. The molecule has 0 radical (unpaired) electrons. The Bertz CT molecular complexity index is 896. The maximum absolute atomic E-state index is 12.1. The molecule has 0 saturated heterocycles. The van der Waals surface area contributed by atoms with Crippen molar-refractivity contribution < 1.29 is 9.90 Å². The zero-order valence-electron chi connectivity index (χ0n) is 13.3. The molecule has 122 valence electrons. The van der Waals surface area contributed by atoms with Crippen molar-refractivity contribution >= 4 is 23.2 Å². The molecule has 6 nitrogen and oxygen atoms in total. The molecule has 1 unspecified atom stereocenters. The van der Waals surface area contributed by atoms with Crippen LogP contribution in [0.4, 0.5) is 0 Å². The quantitative estimate of drug-likeness (QED) is 0.876. The van der Waals surface area contributed by atoms with Crippen molar-refractivity contribution in [1.29, 1.82) is 5.26 Å². The van der Waals surface area contributed by atoms with E-state index < -0.39 is 5.54 Å². The Kier molecular flexibility index (Phi) is 3.78. The van der Waals surface area contributed by atoms with Crippen molar-refractivity contribution in [2.45, 2.75) is 18.9 Å². The number of amides is 1. The monoisotopic (exact) mass is 340 g/mol. The highest BCUT2D eigenvalue weighted by molar-refractivity contribution is 7.10. The topological polar surface area (TPSA) is 103 Å². The van der Waals surface area contributed by atoms with E-state index in [2.05, 4.69) is 11.1 Å². The van der Waals surface area contributed by atoms with Crippen LogP contribution in [0.3, 0.4) is 0 Å². The van der Waals surface area contributed by atoms with Crippen LogP contribution >= 0.6 is 11.3 Å². The zero-order valence-corrected chi connectivity index (χ0v) is 14.1. The lowest BCUT2D eigenvalue weighted by Crippen LogP contribution is -2.47. The first-order chi connectivity index (χ1) is 11.3. The fraction of sp³-hybridized carbons (Fsp3) is 0.235. The average molecular weight is 340 g/mol. The summed E-state index contributed by atoms with van der Waals surface area (Å²) in [5, 5.41) is 21.0. The van der Waals surface area contributed by atoms with Gasteiger partial charge in [0.15, 0.2) is 5.96 Å². The van der Waals surface area contributed by atoms with Crippen LogP contribution in [-0.2, 0) is 10.3 Å². The lowest BCUT2D eigenvalue weighted by atomic mass is 9.93. The Morgan fingerprint density at radius 1 is 1.46 bits per heavy atom. The first-order valence-electron chi connectivity index (χ1n) is 7.28. The summed E-state index contributed by atoms with van der Waals surface area (Å²) in [4.78, 5) is 18.8. The minimum atomic E-state index is -0.723. The summed E-state index contributed by atoms with van der Waals surface area (Å²) in [6.07, 6.45) is 0.231. The van der Waals surface area contributed by atoms with Gasteiger partial charge in [0.05, 0.1) is 18.1 Å². The maximum Gasteiger partial charge on any atom is 0.231 e. The fourth-order valence-electron chi connectivity index (χ4n) is 2.65. The molecule has 0 saturated carbocycles. The molecule has 1 aromatic carbocycles. The minimum absolute atomic E-state index is 0.0886. The molecule has 1 atom stereocenters. The number of rotatable bonds is 2. The molecular formula is C17H16N4O2S. The third-order valence-electron chi connectivity index (χ3n) is 4.14. The van der Waals surface area contributed by atoms with Gasteiger partial charge < -0.3 is 10.8 Å². The lowest BCUT2D eigenvalue weighted by Gasteiger charge is -2.32. The Morgan fingerprint density at radius 3 is 2.88 bits per heavy atom. The number of carbonyl (C=O) groups is 1. The van der Waals surface area contributed by atoms with E-state index in [9.17, 15) is 9.90 Å². The van der Waals surface area contributed by atoms with E-state index in [-0.39, 0.29) is 24.0 Å². The molecule has 3 N–H and O–H groups in total. The molecule has 0 bridgehead atoms. The van der Waals surface area contributed by atoms with E-state index in [0.717, 1.165) is 10.4 Å². The molecule has 2 heterocycles. The van der Waals surface area contributed by atoms with E-state index in [4.69, 9.17) is 11.0 Å². The summed E-state index contributed by atoms with van der Waals surface area (Å²) < 4.78 is 0. The van der Waals surface area contributed by atoms with Crippen LogP contribution in [0, 0.1) is 11.3 Å². The van der Waals surface area contributed by atoms with Gasteiger partial charge in [0.25, 0.3) is 0 Å². The van der Waals surface area contributed by atoms with Gasteiger partial charge in [0.1, 0.15) is 11.3 Å². The first-order valence-corrected chi connectivity index (χ1v) is 8.16. The Balaban J connectivity index is 2.03. The number of aromatic hydroxyl groups is 1. The number of benzene rings is 1. The van der Waals surface area contributed by atoms with Crippen molar-refractivity contribution in [2.24, 2.45) is 10.7 Å². The maximum atomic E-state index is 12.1. The second-order valence-corrected chi connectivity index (χ2v) is 6.83. The third kappa shape index (κ3) is 2.61. The molecule has 1 aliphatic rings. The van der Waals surface area contributed by atoms with Crippen molar-refractivity contribution in [1.82, 2.24) is 4.90 Å². The van der Waals surface area contributed by atoms with Gasteiger partial charge in [-0.3, -0.25) is 9.69 Å². The second-order valence-electron chi connectivity index (χ2n) is 5.92. The van der Waals surface area contributed by atoms with E-state index in [1.54, 1.807) is 19.2 Å². The zero-order chi connectivity index (χ0) is 17.5. The van der Waals surface area contributed by atoms with Crippen LogP contribution in [0.25, 0.3) is 11.1 Å². The van der Waals surface area contributed by atoms with E-state index in [1.807, 2.05) is 18.4 Å². The van der Waals surface area contributed by atoms with E-state index >= 15 is 0 Å². The predicted molar refractivity (Wildman–Crippen MR) is 92.5 cm³/mol. The van der Waals surface area contributed by atoms with E-state index in [1.165, 1.54) is 22.3 Å². The number of hydrogen-bond donors (Lipinski definition) is 2. The standard InChI is InChI=1S/C17H16N4O2S/c1-17(7-15(23)21(2)16(19)20-17)14-6-11(9-24-14)12-5-10(8-18)3-4-13(12)22/h3-6,9,22H,7H2,1-2H3,(H2,19,20). The van der Waals surface area contributed by atoms with E-state index in [0.29, 0.717) is 11.1 Å². The fourth-order valence-corrected chi connectivity index (χ4v) is 3.66. The van der Waals surface area contributed by atoms with Gasteiger partial charge in [-0.05, 0) is 42.1 Å². The molecule has 24 heavy (non-hydrogen) atoms. The Hall–Kier alpha value is -2.85. The SMILES string of the molecule is CN1C(=O)CC(C)(c2cc(-c3cc(C#N)ccc3O)cs2)N=C1N. The number of nitriles is 1. The number of carbonyl (C=O) groups excluding carboxylic acids is 1. The summed E-state index contributed by atoms with van der Waals surface area (Å²) in [5.41, 5.74) is 6.96. The van der Waals surface area contributed by atoms with Gasteiger partial charge in [-0.15, -0.1) is 11.3 Å². The van der Waals surface area contributed by atoms with Crippen LogP contribution < -0.4 is 5.73 Å². The molecule has 1 aromatic heterocycles. The van der Waals surface area contributed by atoms with Crippen LogP contribution in [0.15, 0.2) is 34.6 Å². The number of nitrogens with zero attached hydrogens (tertiary/aromatic N) is 3. The summed E-state index contributed by atoms with van der Waals surface area (Å²) >= 11 is 1.45. The molecular weight excluding hydrogens is 324 g/mol. The highest BCUT2D eigenvalue weighted by Crippen LogP contribution is 2.40. The van der Waals surface area contributed by atoms with Gasteiger partial charge >= 0.3 is 0 Å². The summed E-state index contributed by atoms with van der Waals surface area (Å²) in [6.45, 7) is 1.87. The summed E-state index contributed by atoms with van der Waals surface area (Å²) in [5.74, 6) is 0.207. The number of nitrogens with two attached hydrogens (primary N) is 1. The second kappa shape index (κ2) is 5.65. The minimum Gasteiger partial charge on any atom is -0.507 e. The molecule has 1 aliphatic heterocycles. The van der Waals surface area contributed by atoms with Crippen molar-refractivity contribution in [2.75, 3.05) is 7.05 Å². The van der Waals surface area contributed by atoms with Gasteiger partial charge in [-0.2, -0.15) is 5.26 Å². The summed E-state index contributed by atoms with van der Waals surface area (Å²) in [6, 6.07) is 8.65. The number of phenolic OH excluding ortho intramolecular Hbond substituents is 1. The molecule has 7 heteroatoms.